The molecular weight excluding hydrogens is 346 g/mol. The molecule has 2 aromatic rings. The van der Waals surface area contributed by atoms with Crippen molar-refractivity contribution in [1.29, 1.82) is 0 Å². The van der Waals surface area contributed by atoms with Gasteiger partial charge in [0.1, 0.15) is 18.1 Å². The maximum atomic E-state index is 12.7. The zero-order valence-corrected chi connectivity index (χ0v) is 14.9. The summed E-state index contributed by atoms with van der Waals surface area (Å²) in [5.74, 6) is -0.345. The summed E-state index contributed by atoms with van der Waals surface area (Å²) >= 11 is 0. The first-order valence-corrected chi connectivity index (χ1v) is 9.16. The zero-order chi connectivity index (χ0) is 18.8. The molecule has 2 aliphatic rings. The topological polar surface area (TPSA) is 83.0 Å². The molecule has 0 atom stereocenters. The summed E-state index contributed by atoms with van der Waals surface area (Å²) in [4.78, 5) is 31.6. The van der Waals surface area contributed by atoms with Crippen LogP contribution in [0.4, 0.5) is 11.4 Å². The standard InChI is InChI=1S/C20H21N3O4/c24-19(22-8-2-1-3-9-22)14-4-7-17-18(12-14)27-11-10-23(17)15-5-6-16(20(25)26)21-13-15/h4-7,12-13H,1-3,8-11H2,(H,25,26). The third-order valence-corrected chi connectivity index (χ3v) is 4.99. The minimum atomic E-state index is -1.05. The van der Waals surface area contributed by atoms with Gasteiger partial charge in [0.15, 0.2) is 0 Å². The second kappa shape index (κ2) is 7.26. The van der Waals surface area contributed by atoms with Crippen molar-refractivity contribution in [2.45, 2.75) is 19.3 Å². The molecule has 1 saturated heterocycles. The number of rotatable bonds is 3. The van der Waals surface area contributed by atoms with Gasteiger partial charge in [0.25, 0.3) is 5.91 Å². The zero-order valence-electron chi connectivity index (χ0n) is 14.9. The Labute approximate surface area is 157 Å². The van der Waals surface area contributed by atoms with Crippen molar-refractivity contribution in [2.75, 3.05) is 31.1 Å². The van der Waals surface area contributed by atoms with Gasteiger partial charge in [-0.25, -0.2) is 9.78 Å². The van der Waals surface area contributed by atoms with Gasteiger partial charge in [-0.3, -0.25) is 4.79 Å². The largest absolute Gasteiger partial charge is 0.490 e. The summed E-state index contributed by atoms with van der Waals surface area (Å²) in [6, 6.07) is 8.74. The number of anilines is 2. The number of nitrogens with zero attached hydrogens (tertiary/aromatic N) is 3. The van der Waals surface area contributed by atoms with Crippen LogP contribution in [0.3, 0.4) is 0 Å². The predicted molar refractivity (Wildman–Crippen MR) is 99.9 cm³/mol. The second-order valence-corrected chi connectivity index (χ2v) is 6.74. The van der Waals surface area contributed by atoms with Gasteiger partial charge in [0, 0.05) is 18.7 Å². The van der Waals surface area contributed by atoms with E-state index in [0.29, 0.717) is 24.5 Å². The first kappa shape index (κ1) is 17.3. The summed E-state index contributed by atoms with van der Waals surface area (Å²) in [5, 5.41) is 9.00. The van der Waals surface area contributed by atoms with E-state index in [2.05, 4.69) is 4.98 Å². The Balaban J connectivity index is 1.59. The summed E-state index contributed by atoms with van der Waals surface area (Å²) in [7, 11) is 0. The highest BCUT2D eigenvalue weighted by atomic mass is 16.5. The number of piperidine rings is 1. The van der Waals surface area contributed by atoms with Crippen molar-refractivity contribution in [3.05, 3.63) is 47.8 Å². The molecule has 2 aliphatic heterocycles. The first-order valence-electron chi connectivity index (χ1n) is 9.16. The van der Waals surface area contributed by atoms with Crippen LogP contribution in [0, 0.1) is 0 Å². The van der Waals surface area contributed by atoms with E-state index in [1.165, 1.54) is 12.5 Å². The molecule has 3 heterocycles. The Morgan fingerprint density at radius 3 is 2.56 bits per heavy atom. The van der Waals surface area contributed by atoms with Crippen molar-refractivity contribution in [2.24, 2.45) is 0 Å². The number of likely N-dealkylation sites (tertiary alicyclic amines) is 1. The molecule has 0 bridgehead atoms. The van der Waals surface area contributed by atoms with E-state index < -0.39 is 5.97 Å². The minimum absolute atomic E-state index is 0.00899. The van der Waals surface area contributed by atoms with Crippen LogP contribution in [0.15, 0.2) is 36.5 Å². The summed E-state index contributed by atoms with van der Waals surface area (Å²) in [5.41, 5.74) is 2.28. The monoisotopic (exact) mass is 367 g/mol. The minimum Gasteiger partial charge on any atom is -0.490 e. The highest BCUT2D eigenvalue weighted by molar-refractivity contribution is 5.95. The van der Waals surface area contributed by atoms with Crippen LogP contribution < -0.4 is 9.64 Å². The Kier molecular flexibility index (Phi) is 4.66. The Morgan fingerprint density at radius 2 is 1.85 bits per heavy atom. The van der Waals surface area contributed by atoms with Crippen LogP contribution in [0.25, 0.3) is 0 Å². The summed E-state index contributed by atoms with van der Waals surface area (Å²) < 4.78 is 5.79. The number of carbonyl (C=O) groups excluding carboxylic acids is 1. The number of carbonyl (C=O) groups is 2. The number of carboxylic acid groups (broad SMARTS) is 1. The number of hydrogen-bond acceptors (Lipinski definition) is 5. The molecule has 1 aromatic heterocycles. The van der Waals surface area contributed by atoms with Crippen LogP contribution in [0.5, 0.6) is 5.75 Å². The number of pyridine rings is 1. The van der Waals surface area contributed by atoms with Crippen molar-refractivity contribution in [3.8, 4) is 5.75 Å². The Morgan fingerprint density at radius 1 is 1.04 bits per heavy atom. The number of aromatic nitrogens is 1. The molecule has 7 heteroatoms. The lowest BCUT2D eigenvalue weighted by atomic mass is 10.1. The van der Waals surface area contributed by atoms with Crippen molar-refractivity contribution < 1.29 is 19.4 Å². The smallest absolute Gasteiger partial charge is 0.354 e. The van der Waals surface area contributed by atoms with Gasteiger partial charge in [-0.1, -0.05) is 0 Å². The predicted octanol–water partition coefficient (Wildman–Crippen LogP) is 2.94. The lowest BCUT2D eigenvalue weighted by Crippen LogP contribution is -2.35. The normalized spacial score (nSPS) is 16.4. The average molecular weight is 367 g/mol. The van der Waals surface area contributed by atoms with E-state index in [4.69, 9.17) is 9.84 Å². The first-order chi connectivity index (χ1) is 13.1. The van der Waals surface area contributed by atoms with E-state index in [-0.39, 0.29) is 11.6 Å². The van der Waals surface area contributed by atoms with Crippen LogP contribution in [0.1, 0.15) is 40.1 Å². The summed E-state index contributed by atoms with van der Waals surface area (Å²) in [6.07, 6.45) is 4.84. The van der Waals surface area contributed by atoms with Crippen LogP contribution >= 0.6 is 0 Å². The molecule has 1 N–H and O–H groups in total. The average Bonchev–Trinajstić information content (AvgIpc) is 2.73. The lowest BCUT2D eigenvalue weighted by molar-refractivity contribution is 0.0688. The lowest BCUT2D eigenvalue weighted by Gasteiger charge is -2.32. The number of carboxylic acids is 1. The maximum absolute atomic E-state index is 12.7. The Hall–Kier alpha value is -3.09. The third-order valence-electron chi connectivity index (χ3n) is 4.99. The van der Waals surface area contributed by atoms with Gasteiger partial charge in [-0.15, -0.1) is 0 Å². The van der Waals surface area contributed by atoms with Crippen molar-refractivity contribution >= 4 is 23.3 Å². The molecule has 7 nitrogen and oxygen atoms in total. The van der Waals surface area contributed by atoms with Gasteiger partial charge in [-0.2, -0.15) is 0 Å². The fraction of sp³-hybridized carbons (Fsp3) is 0.350. The van der Waals surface area contributed by atoms with Gasteiger partial charge < -0.3 is 19.6 Å². The molecule has 1 fully saturated rings. The van der Waals surface area contributed by atoms with E-state index in [1.807, 2.05) is 21.9 Å². The van der Waals surface area contributed by atoms with E-state index in [9.17, 15) is 9.59 Å². The highest BCUT2D eigenvalue weighted by Gasteiger charge is 2.24. The molecule has 4 rings (SSSR count). The molecule has 1 aromatic carbocycles. The quantitative estimate of drug-likeness (QED) is 0.898. The van der Waals surface area contributed by atoms with Gasteiger partial charge in [0.2, 0.25) is 0 Å². The molecule has 1 amide bonds. The highest BCUT2D eigenvalue weighted by Crippen LogP contribution is 2.37. The fourth-order valence-corrected chi connectivity index (χ4v) is 3.57. The van der Waals surface area contributed by atoms with E-state index in [1.54, 1.807) is 18.3 Å². The van der Waals surface area contributed by atoms with Crippen LogP contribution in [-0.4, -0.2) is 53.1 Å². The number of benzene rings is 1. The number of aromatic carboxylic acids is 1. The number of fused-ring (bicyclic) bond motifs is 1. The van der Waals surface area contributed by atoms with Crippen molar-refractivity contribution in [3.63, 3.8) is 0 Å². The molecule has 0 unspecified atom stereocenters. The molecule has 0 aliphatic carbocycles. The molecule has 140 valence electrons. The molecule has 27 heavy (non-hydrogen) atoms. The van der Waals surface area contributed by atoms with E-state index in [0.717, 1.165) is 37.3 Å². The Bertz CT molecular complexity index is 860. The maximum Gasteiger partial charge on any atom is 0.354 e. The molecule has 0 saturated carbocycles. The van der Waals surface area contributed by atoms with Gasteiger partial charge >= 0.3 is 5.97 Å². The fourth-order valence-electron chi connectivity index (χ4n) is 3.57. The molecular formula is C20H21N3O4. The van der Waals surface area contributed by atoms with Gasteiger partial charge in [0.05, 0.1) is 24.1 Å². The van der Waals surface area contributed by atoms with Gasteiger partial charge in [-0.05, 0) is 49.6 Å². The number of amides is 1. The second-order valence-electron chi connectivity index (χ2n) is 6.74. The number of ether oxygens (including phenoxy) is 1. The summed E-state index contributed by atoms with van der Waals surface area (Å²) in [6.45, 7) is 2.73. The SMILES string of the molecule is O=C(O)c1ccc(N2CCOc3cc(C(=O)N4CCCCC4)ccc32)cn1. The van der Waals surface area contributed by atoms with Crippen LogP contribution in [-0.2, 0) is 0 Å². The third kappa shape index (κ3) is 3.45. The van der Waals surface area contributed by atoms with Crippen molar-refractivity contribution in [1.82, 2.24) is 9.88 Å². The molecule has 0 spiro atoms. The van der Waals surface area contributed by atoms with Crippen LogP contribution in [0.2, 0.25) is 0 Å². The van der Waals surface area contributed by atoms with E-state index >= 15 is 0 Å². The number of hydrogen-bond donors (Lipinski definition) is 1. The molecule has 0 radical (unpaired) electrons.